The molecule has 5 nitrogen and oxygen atoms in total. The Morgan fingerprint density at radius 2 is 1.63 bits per heavy atom. The average molecular weight is 432 g/mol. The topological polar surface area (TPSA) is 45.5 Å². The van der Waals surface area contributed by atoms with Crippen molar-refractivity contribution in [2.24, 2.45) is 0 Å². The summed E-state index contributed by atoms with van der Waals surface area (Å²) in [5.74, 6) is -2.76. The fourth-order valence-electron chi connectivity index (χ4n) is 3.05. The molecule has 0 saturated carbocycles. The lowest BCUT2D eigenvalue weighted by molar-refractivity contribution is -0.141. The molecule has 164 valence electrons. The highest BCUT2D eigenvalue weighted by Crippen LogP contribution is 2.39. The fraction of sp³-hybridized carbons (Fsp3) is 0.526. The fourth-order valence-corrected chi connectivity index (χ4v) is 3.05. The van der Waals surface area contributed by atoms with Crippen molar-refractivity contribution in [3.8, 4) is 11.1 Å². The summed E-state index contributed by atoms with van der Waals surface area (Å²) in [5, 5.41) is 3.48. The molecule has 1 aromatic heterocycles. The van der Waals surface area contributed by atoms with Crippen LogP contribution >= 0.6 is 0 Å². The zero-order chi connectivity index (χ0) is 22.5. The lowest BCUT2D eigenvalue weighted by atomic mass is 9.78. The maximum Gasteiger partial charge on any atom is 0.497 e. The van der Waals surface area contributed by atoms with Gasteiger partial charge < -0.3 is 14.0 Å². The Labute approximate surface area is 171 Å². The van der Waals surface area contributed by atoms with Gasteiger partial charge in [0.25, 0.3) is 0 Å². The van der Waals surface area contributed by atoms with Crippen molar-refractivity contribution < 1.29 is 36.0 Å². The Balaban J connectivity index is 2.04. The predicted octanol–water partition coefficient (Wildman–Crippen LogP) is 3.79. The lowest BCUT2D eigenvalue weighted by Gasteiger charge is -2.32. The summed E-state index contributed by atoms with van der Waals surface area (Å²) in [5.41, 5.74) is -4.22. The maximum atomic E-state index is 14.9. The van der Waals surface area contributed by atoms with E-state index in [9.17, 15) is 22.0 Å². The van der Waals surface area contributed by atoms with Gasteiger partial charge in [0.1, 0.15) is 0 Å². The molecule has 0 atom stereocenters. The van der Waals surface area contributed by atoms with Crippen molar-refractivity contribution in [1.82, 2.24) is 9.78 Å². The molecular weight excluding hydrogens is 410 g/mol. The van der Waals surface area contributed by atoms with E-state index in [0.29, 0.717) is 0 Å². The van der Waals surface area contributed by atoms with Gasteiger partial charge in [-0.05, 0) is 27.7 Å². The lowest BCUT2D eigenvalue weighted by Crippen LogP contribution is -2.41. The molecule has 1 saturated heterocycles. The highest BCUT2D eigenvalue weighted by Gasteiger charge is 2.52. The maximum absolute atomic E-state index is 14.9. The highest BCUT2D eigenvalue weighted by molar-refractivity contribution is 6.62. The molecule has 0 radical (unpaired) electrons. The van der Waals surface area contributed by atoms with Gasteiger partial charge >= 0.3 is 13.3 Å². The van der Waals surface area contributed by atoms with E-state index in [1.807, 2.05) is 0 Å². The Morgan fingerprint density at radius 1 is 1.03 bits per heavy atom. The monoisotopic (exact) mass is 432 g/mol. The second-order valence-electron chi connectivity index (χ2n) is 8.06. The van der Waals surface area contributed by atoms with Gasteiger partial charge in [-0.1, -0.05) is 12.1 Å². The second-order valence-corrected chi connectivity index (χ2v) is 8.06. The molecule has 0 N–H and O–H groups in total. The van der Waals surface area contributed by atoms with Crippen molar-refractivity contribution >= 4 is 12.6 Å². The van der Waals surface area contributed by atoms with Crippen molar-refractivity contribution in [2.75, 3.05) is 13.7 Å². The summed E-state index contributed by atoms with van der Waals surface area (Å²) in [6.07, 6.45) is -3.82. The number of alkyl halides is 3. The van der Waals surface area contributed by atoms with Gasteiger partial charge in [-0.2, -0.15) is 18.3 Å². The molecule has 0 amide bonds. The SMILES string of the molecule is COCCn1cc(-c2ccc(B3OC(C)(C)C(C)(C)O3)c(F)c2F)c(C(F)(F)F)n1. The summed E-state index contributed by atoms with van der Waals surface area (Å²) in [6, 6.07) is 2.24. The van der Waals surface area contributed by atoms with Crippen LogP contribution in [0.1, 0.15) is 33.4 Å². The van der Waals surface area contributed by atoms with Crippen LogP contribution < -0.4 is 5.46 Å². The van der Waals surface area contributed by atoms with Crippen molar-refractivity contribution in [2.45, 2.75) is 51.6 Å². The Kier molecular flexibility index (Phi) is 5.76. The number of rotatable bonds is 5. The minimum atomic E-state index is -4.85. The third kappa shape index (κ3) is 3.98. The molecule has 30 heavy (non-hydrogen) atoms. The summed E-state index contributed by atoms with van der Waals surface area (Å²) in [4.78, 5) is 0. The number of nitrogens with zero attached hydrogens (tertiary/aromatic N) is 2. The molecule has 1 aliphatic heterocycles. The quantitative estimate of drug-likeness (QED) is 0.533. The van der Waals surface area contributed by atoms with Gasteiger partial charge in [0.05, 0.1) is 24.4 Å². The van der Waals surface area contributed by atoms with Crippen LogP contribution in [0.15, 0.2) is 18.3 Å². The van der Waals surface area contributed by atoms with Crippen LogP contribution in [-0.4, -0.2) is 41.8 Å². The molecule has 3 rings (SSSR count). The molecule has 1 fully saturated rings. The van der Waals surface area contributed by atoms with Crippen LogP contribution in [0.2, 0.25) is 0 Å². The van der Waals surface area contributed by atoms with E-state index in [-0.39, 0.29) is 18.6 Å². The van der Waals surface area contributed by atoms with Gasteiger partial charge in [0.2, 0.25) is 0 Å². The summed E-state index contributed by atoms with van der Waals surface area (Å²) < 4.78 is 87.3. The van der Waals surface area contributed by atoms with Gasteiger partial charge in [-0.15, -0.1) is 0 Å². The van der Waals surface area contributed by atoms with Crippen LogP contribution in [-0.2, 0) is 26.8 Å². The smallest absolute Gasteiger partial charge is 0.399 e. The Morgan fingerprint density at radius 3 is 2.17 bits per heavy atom. The Hall–Kier alpha value is -1.98. The number of ether oxygens (including phenoxy) is 1. The van der Waals surface area contributed by atoms with E-state index in [0.717, 1.165) is 16.9 Å². The molecule has 0 unspecified atom stereocenters. The molecule has 0 aliphatic carbocycles. The third-order valence-electron chi connectivity index (χ3n) is 5.46. The average Bonchev–Trinajstić information content (AvgIpc) is 3.13. The predicted molar refractivity (Wildman–Crippen MR) is 100 cm³/mol. The van der Waals surface area contributed by atoms with Gasteiger partial charge in [-0.3, -0.25) is 4.68 Å². The number of halogens is 5. The second kappa shape index (κ2) is 7.62. The van der Waals surface area contributed by atoms with Gasteiger partial charge in [0.15, 0.2) is 17.3 Å². The van der Waals surface area contributed by atoms with Crippen LogP contribution in [0, 0.1) is 11.6 Å². The summed E-state index contributed by atoms with van der Waals surface area (Å²) in [6.45, 7) is 7.13. The first-order chi connectivity index (χ1) is 13.8. The molecular formula is C19H22BF5N2O3. The first kappa shape index (κ1) is 22.7. The van der Waals surface area contributed by atoms with E-state index >= 15 is 0 Å². The first-order valence-electron chi connectivity index (χ1n) is 9.26. The van der Waals surface area contributed by atoms with Crippen LogP contribution in [0.3, 0.4) is 0 Å². The highest BCUT2D eigenvalue weighted by atomic mass is 19.4. The third-order valence-corrected chi connectivity index (χ3v) is 5.46. The summed E-state index contributed by atoms with van der Waals surface area (Å²) >= 11 is 0. The Bertz CT molecular complexity index is 927. The zero-order valence-corrected chi connectivity index (χ0v) is 17.2. The van der Waals surface area contributed by atoms with Crippen molar-refractivity contribution in [1.29, 1.82) is 0 Å². The minimum absolute atomic E-state index is 0.0235. The minimum Gasteiger partial charge on any atom is -0.399 e. The largest absolute Gasteiger partial charge is 0.497 e. The van der Waals surface area contributed by atoms with Crippen LogP contribution in [0.25, 0.3) is 11.1 Å². The standard InChI is InChI=1S/C19H22BF5N2O3/c1-17(2)18(3,4)30-20(29-17)13-7-6-11(14(21)15(13)22)12-10-27(8-9-28-5)26-16(12)19(23,24)25/h6-7,10H,8-9H2,1-5H3. The van der Waals surface area contributed by atoms with Gasteiger partial charge in [0, 0.05) is 29.9 Å². The van der Waals surface area contributed by atoms with Gasteiger partial charge in [-0.25, -0.2) is 8.78 Å². The molecule has 2 aromatic rings. The van der Waals surface area contributed by atoms with E-state index < -0.39 is 53.0 Å². The molecule has 11 heteroatoms. The molecule has 1 aromatic carbocycles. The van der Waals surface area contributed by atoms with E-state index in [4.69, 9.17) is 14.0 Å². The van der Waals surface area contributed by atoms with Crippen molar-refractivity contribution in [3.63, 3.8) is 0 Å². The number of benzene rings is 1. The van der Waals surface area contributed by atoms with Crippen LogP contribution in [0.4, 0.5) is 22.0 Å². The number of hydrogen-bond acceptors (Lipinski definition) is 4. The normalized spacial score (nSPS) is 18.3. The molecule has 1 aliphatic rings. The van der Waals surface area contributed by atoms with E-state index in [1.54, 1.807) is 27.7 Å². The molecule has 2 heterocycles. The zero-order valence-electron chi connectivity index (χ0n) is 17.2. The number of aromatic nitrogens is 2. The molecule has 0 spiro atoms. The molecule has 0 bridgehead atoms. The van der Waals surface area contributed by atoms with E-state index in [2.05, 4.69) is 5.10 Å². The van der Waals surface area contributed by atoms with Crippen LogP contribution in [0.5, 0.6) is 0 Å². The number of hydrogen-bond donors (Lipinski definition) is 0. The first-order valence-corrected chi connectivity index (χ1v) is 9.26. The number of methoxy groups -OCH3 is 1. The van der Waals surface area contributed by atoms with E-state index in [1.165, 1.54) is 13.2 Å². The summed E-state index contributed by atoms with van der Waals surface area (Å²) in [7, 11) is 0.198. The van der Waals surface area contributed by atoms with Crippen molar-refractivity contribution in [3.05, 3.63) is 35.7 Å².